The van der Waals surface area contributed by atoms with Crippen molar-refractivity contribution in [3.05, 3.63) is 35.4 Å². The zero-order valence-electron chi connectivity index (χ0n) is 14.5. The molecule has 2 aliphatic heterocycles. The summed E-state index contributed by atoms with van der Waals surface area (Å²) < 4.78 is 0. The highest BCUT2D eigenvalue weighted by molar-refractivity contribution is 5.79. The highest BCUT2D eigenvalue weighted by Crippen LogP contribution is 2.22. The number of piperidine rings is 1. The van der Waals surface area contributed by atoms with E-state index in [4.69, 9.17) is 0 Å². The Morgan fingerprint density at radius 3 is 2.61 bits per heavy atom. The van der Waals surface area contributed by atoms with Crippen molar-refractivity contribution in [2.45, 2.75) is 52.0 Å². The lowest BCUT2D eigenvalue weighted by Crippen LogP contribution is -2.44. The highest BCUT2D eigenvalue weighted by atomic mass is 16.2. The largest absolute Gasteiger partial charge is 0.342 e. The summed E-state index contributed by atoms with van der Waals surface area (Å²) in [6.07, 6.45) is 7.16. The summed E-state index contributed by atoms with van der Waals surface area (Å²) in [4.78, 5) is 17.5. The van der Waals surface area contributed by atoms with Crippen molar-refractivity contribution in [3.63, 3.8) is 0 Å². The van der Waals surface area contributed by atoms with E-state index in [1.165, 1.54) is 36.8 Å². The van der Waals surface area contributed by atoms with E-state index in [1.54, 1.807) is 0 Å². The Hall–Kier alpha value is -1.35. The Balaban J connectivity index is 1.57. The molecule has 23 heavy (non-hydrogen) atoms. The SMILES string of the molecule is Cc1cccc(CN2CCC[C@H](C(=O)N3CCCCCC3)C2)c1. The molecule has 0 unspecified atom stereocenters. The van der Waals surface area contributed by atoms with Gasteiger partial charge in [-0.1, -0.05) is 42.7 Å². The van der Waals surface area contributed by atoms with Crippen LogP contribution in [0.25, 0.3) is 0 Å². The lowest BCUT2D eigenvalue weighted by atomic mass is 9.95. The second-order valence-corrected chi connectivity index (χ2v) is 7.30. The van der Waals surface area contributed by atoms with Crippen molar-refractivity contribution in [3.8, 4) is 0 Å². The van der Waals surface area contributed by atoms with Crippen LogP contribution >= 0.6 is 0 Å². The molecule has 1 atom stereocenters. The molecule has 3 rings (SSSR count). The van der Waals surface area contributed by atoms with E-state index in [2.05, 4.69) is 41.0 Å². The molecule has 1 aromatic carbocycles. The molecule has 3 nitrogen and oxygen atoms in total. The number of hydrogen-bond donors (Lipinski definition) is 0. The molecule has 1 amide bonds. The van der Waals surface area contributed by atoms with Gasteiger partial charge in [-0.15, -0.1) is 0 Å². The molecular formula is C20H30N2O. The minimum absolute atomic E-state index is 0.214. The number of carbonyl (C=O) groups excluding carboxylic acids is 1. The Bertz CT molecular complexity index is 520. The molecule has 0 spiro atoms. The summed E-state index contributed by atoms with van der Waals surface area (Å²) in [6, 6.07) is 8.74. The van der Waals surface area contributed by atoms with Crippen LogP contribution < -0.4 is 0 Å². The van der Waals surface area contributed by atoms with Crippen LogP contribution in [-0.2, 0) is 11.3 Å². The molecular weight excluding hydrogens is 284 g/mol. The predicted octanol–water partition coefficient (Wildman–Crippen LogP) is 3.61. The molecule has 0 N–H and O–H groups in total. The van der Waals surface area contributed by atoms with Crippen LogP contribution in [0.1, 0.15) is 49.7 Å². The lowest BCUT2D eigenvalue weighted by molar-refractivity contribution is -0.137. The standard InChI is InChI=1S/C20H30N2O/c1-17-8-6-9-18(14-17)15-21-11-7-10-19(16-21)20(23)22-12-4-2-3-5-13-22/h6,8-9,14,19H,2-5,7,10-13,15-16H2,1H3/t19-/m0/s1. The topological polar surface area (TPSA) is 23.6 Å². The van der Waals surface area contributed by atoms with Gasteiger partial charge in [0.05, 0.1) is 5.92 Å². The summed E-state index contributed by atoms with van der Waals surface area (Å²) in [5.74, 6) is 0.632. The van der Waals surface area contributed by atoms with Crippen molar-refractivity contribution in [1.29, 1.82) is 0 Å². The van der Waals surface area contributed by atoms with E-state index in [0.29, 0.717) is 5.91 Å². The van der Waals surface area contributed by atoms with Gasteiger partial charge >= 0.3 is 0 Å². The van der Waals surface area contributed by atoms with E-state index in [9.17, 15) is 4.79 Å². The number of rotatable bonds is 3. The first-order chi connectivity index (χ1) is 11.2. The van der Waals surface area contributed by atoms with Crippen molar-refractivity contribution in [2.24, 2.45) is 5.92 Å². The van der Waals surface area contributed by atoms with Crippen LogP contribution in [0, 0.1) is 12.8 Å². The van der Waals surface area contributed by atoms with Crippen LogP contribution in [0.3, 0.4) is 0 Å². The summed E-state index contributed by atoms with van der Waals surface area (Å²) in [5, 5.41) is 0. The Labute approximate surface area is 140 Å². The van der Waals surface area contributed by atoms with Crippen molar-refractivity contribution in [1.82, 2.24) is 9.80 Å². The second-order valence-electron chi connectivity index (χ2n) is 7.30. The van der Waals surface area contributed by atoms with E-state index < -0.39 is 0 Å². The van der Waals surface area contributed by atoms with Gasteiger partial charge in [0.25, 0.3) is 0 Å². The fourth-order valence-corrected chi connectivity index (χ4v) is 4.02. The monoisotopic (exact) mass is 314 g/mol. The van der Waals surface area contributed by atoms with Gasteiger partial charge in [0, 0.05) is 26.2 Å². The zero-order valence-corrected chi connectivity index (χ0v) is 14.5. The van der Waals surface area contributed by atoms with E-state index in [-0.39, 0.29) is 5.92 Å². The third-order valence-corrected chi connectivity index (χ3v) is 5.26. The normalized spacial score (nSPS) is 23.5. The van der Waals surface area contributed by atoms with Gasteiger partial charge < -0.3 is 4.90 Å². The van der Waals surface area contributed by atoms with E-state index in [1.807, 2.05) is 0 Å². The Kier molecular flexibility index (Phi) is 5.71. The maximum atomic E-state index is 12.9. The number of amides is 1. The van der Waals surface area contributed by atoms with Gasteiger partial charge in [0.1, 0.15) is 0 Å². The number of hydrogen-bond acceptors (Lipinski definition) is 2. The fraction of sp³-hybridized carbons (Fsp3) is 0.650. The van der Waals surface area contributed by atoms with Gasteiger partial charge in [-0.2, -0.15) is 0 Å². The first-order valence-electron chi connectivity index (χ1n) is 9.29. The fourth-order valence-electron chi connectivity index (χ4n) is 4.02. The zero-order chi connectivity index (χ0) is 16.1. The third kappa shape index (κ3) is 4.57. The van der Waals surface area contributed by atoms with Crippen LogP contribution in [0.2, 0.25) is 0 Å². The summed E-state index contributed by atoms with van der Waals surface area (Å²) in [5.41, 5.74) is 2.68. The average Bonchev–Trinajstić information content (AvgIpc) is 2.84. The van der Waals surface area contributed by atoms with Crippen LogP contribution in [0.5, 0.6) is 0 Å². The Morgan fingerprint density at radius 1 is 1.09 bits per heavy atom. The van der Waals surface area contributed by atoms with Crippen LogP contribution in [-0.4, -0.2) is 41.9 Å². The first-order valence-corrected chi connectivity index (χ1v) is 9.29. The van der Waals surface area contributed by atoms with Gasteiger partial charge in [-0.05, 0) is 44.7 Å². The molecule has 0 radical (unpaired) electrons. The number of likely N-dealkylation sites (tertiary alicyclic amines) is 2. The summed E-state index contributed by atoms with van der Waals surface area (Å²) >= 11 is 0. The Morgan fingerprint density at radius 2 is 1.87 bits per heavy atom. The second kappa shape index (κ2) is 7.96. The van der Waals surface area contributed by atoms with E-state index in [0.717, 1.165) is 45.6 Å². The molecule has 3 heteroatoms. The van der Waals surface area contributed by atoms with Crippen molar-refractivity contribution in [2.75, 3.05) is 26.2 Å². The lowest BCUT2D eigenvalue weighted by Gasteiger charge is -2.34. The molecule has 2 saturated heterocycles. The highest BCUT2D eigenvalue weighted by Gasteiger charge is 2.29. The maximum Gasteiger partial charge on any atom is 0.226 e. The molecule has 0 aromatic heterocycles. The minimum Gasteiger partial charge on any atom is -0.342 e. The number of carbonyl (C=O) groups is 1. The molecule has 0 saturated carbocycles. The smallest absolute Gasteiger partial charge is 0.226 e. The summed E-state index contributed by atoms with van der Waals surface area (Å²) in [6.45, 7) is 7.14. The predicted molar refractivity (Wildman–Crippen MR) is 94.2 cm³/mol. The minimum atomic E-state index is 0.214. The molecule has 0 bridgehead atoms. The third-order valence-electron chi connectivity index (χ3n) is 5.26. The number of aryl methyl sites for hydroxylation is 1. The van der Waals surface area contributed by atoms with Crippen LogP contribution in [0.15, 0.2) is 24.3 Å². The first kappa shape index (κ1) is 16.5. The average molecular weight is 314 g/mol. The van der Waals surface area contributed by atoms with Crippen molar-refractivity contribution >= 4 is 5.91 Å². The molecule has 0 aliphatic carbocycles. The van der Waals surface area contributed by atoms with Crippen molar-refractivity contribution < 1.29 is 4.79 Å². The van der Waals surface area contributed by atoms with Gasteiger partial charge in [0.15, 0.2) is 0 Å². The van der Waals surface area contributed by atoms with Gasteiger partial charge in [-0.25, -0.2) is 0 Å². The molecule has 2 fully saturated rings. The number of benzene rings is 1. The van der Waals surface area contributed by atoms with Gasteiger partial charge in [0.2, 0.25) is 5.91 Å². The van der Waals surface area contributed by atoms with Crippen LogP contribution in [0.4, 0.5) is 0 Å². The summed E-state index contributed by atoms with van der Waals surface area (Å²) in [7, 11) is 0. The quantitative estimate of drug-likeness (QED) is 0.851. The number of nitrogens with zero attached hydrogens (tertiary/aromatic N) is 2. The van der Waals surface area contributed by atoms with Gasteiger partial charge in [-0.3, -0.25) is 9.69 Å². The van der Waals surface area contributed by atoms with E-state index >= 15 is 0 Å². The molecule has 126 valence electrons. The maximum absolute atomic E-state index is 12.9. The molecule has 2 heterocycles. The molecule has 2 aliphatic rings. The molecule has 1 aromatic rings.